The second-order valence-corrected chi connectivity index (χ2v) is 5.17. The Hall–Kier alpha value is -2.89. The van der Waals surface area contributed by atoms with E-state index in [1.54, 1.807) is 0 Å². The third-order valence-corrected chi connectivity index (χ3v) is 3.33. The summed E-state index contributed by atoms with van der Waals surface area (Å²) in [5, 5.41) is 12.5. The molecule has 0 spiro atoms. The van der Waals surface area contributed by atoms with E-state index in [0.29, 0.717) is 16.0 Å². The fraction of sp³-hybridized carbons (Fsp3) is 0.333. The van der Waals surface area contributed by atoms with E-state index in [0.717, 1.165) is 0 Å². The monoisotopic (exact) mass is 337 g/mol. The lowest BCUT2D eigenvalue weighted by Gasteiger charge is -2.26. The number of benzene rings is 1. The molecule has 1 aromatic carbocycles. The van der Waals surface area contributed by atoms with Gasteiger partial charge in [-0.3, -0.25) is 4.79 Å². The Bertz CT molecular complexity index is 719. The van der Waals surface area contributed by atoms with Crippen molar-refractivity contribution in [2.45, 2.75) is 25.7 Å². The molecule has 1 aromatic heterocycles. The maximum absolute atomic E-state index is 12.8. The Morgan fingerprint density at radius 3 is 2.54 bits per heavy atom. The van der Waals surface area contributed by atoms with Gasteiger partial charge in [0.2, 0.25) is 5.91 Å². The van der Waals surface area contributed by atoms with Gasteiger partial charge in [-0.15, -0.1) is 0 Å². The van der Waals surface area contributed by atoms with E-state index >= 15 is 0 Å². The predicted molar refractivity (Wildman–Crippen MR) is 77.4 cm³/mol. The summed E-state index contributed by atoms with van der Waals surface area (Å²) in [4.78, 5) is 16.8. The third-order valence-electron chi connectivity index (χ3n) is 3.33. The van der Waals surface area contributed by atoms with Crippen LogP contribution >= 0.6 is 0 Å². The van der Waals surface area contributed by atoms with E-state index in [1.165, 1.54) is 48.5 Å². The van der Waals surface area contributed by atoms with Gasteiger partial charge in [0.25, 0.3) is 0 Å². The van der Waals surface area contributed by atoms with E-state index in [-0.39, 0.29) is 6.54 Å². The zero-order valence-corrected chi connectivity index (χ0v) is 12.7. The number of carbonyl (C=O) groups is 1. The first-order valence-corrected chi connectivity index (χ1v) is 6.99. The molecule has 24 heavy (non-hydrogen) atoms. The zero-order chi connectivity index (χ0) is 17.7. The normalized spacial score (nSPS) is 12.5. The van der Waals surface area contributed by atoms with Crippen LogP contribution in [-0.2, 0) is 11.3 Å². The molecule has 1 heterocycles. The van der Waals surface area contributed by atoms with Gasteiger partial charge in [-0.25, -0.2) is 9.67 Å². The number of aromatic nitrogens is 3. The van der Waals surface area contributed by atoms with Gasteiger partial charge in [0.15, 0.2) is 0 Å². The minimum Gasteiger partial charge on any atom is -0.327 e. The van der Waals surface area contributed by atoms with Gasteiger partial charge in [0.1, 0.15) is 25.2 Å². The van der Waals surface area contributed by atoms with Crippen LogP contribution in [0.1, 0.15) is 24.1 Å². The van der Waals surface area contributed by atoms with Crippen LogP contribution < -0.4 is 0 Å². The fourth-order valence-corrected chi connectivity index (χ4v) is 2.13. The maximum Gasteiger partial charge on any atom is 0.406 e. The fourth-order valence-electron chi connectivity index (χ4n) is 2.13. The highest BCUT2D eigenvalue weighted by atomic mass is 19.4. The first-order valence-electron chi connectivity index (χ1n) is 6.99. The number of alkyl halides is 3. The van der Waals surface area contributed by atoms with Crippen LogP contribution in [0.25, 0.3) is 0 Å². The topological polar surface area (TPSA) is 74.8 Å². The van der Waals surface area contributed by atoms with Crippen molar-refractivity contribution in [1.29, 1.82) is 5.26 Å². The van der Waals surface area contributed by atoms with E-state index in [4.69, 9.17) is 5.26 Å². The largest absolute Gasteiger partial charge is 0.406 e. The number of nitrogens with zero attached hydrogens (tertiary/aromatic N) is 5. The molecule has 1 amide bonds. The van der Waals surface area contributed by atoms with Gasteiger partial charge in [0, 0.05) is 6.54 Å². The Kier molecular flexibility index (Phi) is 5.18. The number of amides is 1. The second-order valence-electron chi connectivity index (χ2n) is 5.17. The lowest BCUT2D eigenvalue weighted by Crippen LogP contribution is -2.41. The summed E-state index contributed by atoms with van der Waals surface area (Å²) in [7, 11) is 0. The molecule has 9 heteroatoms. The van der Waals surface area contributed by atoms with Crippen molar-refractivity contribution in [1.82, 2.24) is 19.7 Å². The van der Waals surface area contributed by atoms with Crippen LogP contribution in [0.5, 0.6) is 0 Å². The predicted octanol–water partition coefficient (Wildman–Crippen LogP) is 2.30. The summed E-state index contributed by atoms with van der Waals surface area (Å²) in [6, 6.07) is 7.05. The molecule has 0 aliphatic rings. The van der Waals surface area contributed by atoms with Crippen molar-refractivity contribution in [3.63, 3.8) is 0 Å². The summed E-state index contributed by atoms with van der Waals surface area (Å²) < 4.78 is 39.7. The summed E-state index contributed by atoms with van der Waals surface area (Å²) in [5.74, 6) is -0.720. The molecule has 0 unspecified atom stereocenters. The SMILES string of the molecule is C[C@H](C(=O)N(Cc1ccc(C#N)cc1)CC(F)(F)F)n1cncn1. The van der Waals surface area contributed by atoms with Crippen LogP contribution in [0.3, 0.4) is 0 Å². The van der Waals surface area contributed by atoms with Crippen LogP contribution in [-0.4, -0.2) is 38.3 Å². The van der Waals surface area contributed by atoms with Crippen molar-refractivity contribution in [2.75, 3.05) is 6.54 Å². The average Bonchev–Trinajstić information content (AvgIpc) is 3.06. The molecule has 126 valence electrons. The lowest BCUT2D eigenvalue weighted by molar-refractivity contribution is -0.164. The quantitative estimate of drug-likeness (QED) is 0.839. The van der Waals surface area contributed by atoms with Crippen molar-refractivity contribution in [2.24, 2.45) is 0 Å². The highest BCUT2D eigenvalue weighted by molar-refractivity contribution is 5.80. The van der Waals surface area contributed by atoms with Gasteiger partial charge < -0.3 is 4.90 Å². The molecule has 0 aliphatic carbocycles. The zero-order valence-electron chi connectivity index (χ0n) is 12.7. The number of halogens is 3. The van der Waals surface area contributed by atoms with Gasteiger partial charge >= 0.3 is 6.18 Å². The third kappa shape index (κ3) is 4.55. The smallest absolute Gasteiger partial charge is 0.327 e. The van der Waals surface area contributed by atoms with E-state index in [9.17, 15) is 18.0 Å². The second kappa shape index (κ2) is 7.12. The standard InChI is InChI=1S/C15H14F3N5O/c1-11(23-10-20-9-21-23)14(24)22(8-15(16,17)18)7-13-4-2-12(6-19)3-5-13/h2-5,9-11H,7-8H2,1H3/t11-/m1/s1. The lowest BCUT2D eigenvalue weighted by atomic mass is 10.1. The number of carbonyl (C=O) groups excluding carboxylic acids is 1. The molecule has 0 bridgehead atoms. The summed E-state index contributed by atoms with van der Waals surface area (Å²) in [6.45, 7) is -0.132. The highest BCUT2D eigenvalue weighted by Gasteiger charge is 2.35. The van der Waals surface area contributed by atoms with Gasteiger partial charge in [-0.05, 0) is 24.6 Å². The molecule has 0 saturated carbocycles. The van der Waals surface area contributed by atoms with Crippen LogP contribution in [0.2, 0.25) is 0 Å². The average molecular weight is 337 g/mol. The number of nitriles is 1. The van der Waals surface area contributed by atoms with Crippen molar-refractivity contribution in [3.8, 4) is 6.07 Å². The number of hydrogen-bond donors (Lipinski definition) is 0. The van der Waals surface area contributed by atoms with E-state index in [2.05, 4.69) is 10.1 Å². The molecule has 2 rings (SSSR count). The van der Waals surface area contributed by atoms with Crippen LogP contribution in [0.4, 0.5) is 13.2 Å². The van der Waals surface area contributed by atoms with Gasteiger partial charge in [0.05, 0.1) is 11.6 Å². The first kappa shape index (κ1) is 17.5. The summed E-state index contributed by atoms with van der Waals surface area (Å²) in [5.41, 5.74) is 0.890. The van der Waals surface area contributed by atoms with Crippen molar-refractivity contribution in [3.05, 3.63) is 48.0 Å². The Morgan fingerprint density at radius 2 is 2.04 bits per heavy atom. The van der Waals surface area contributed by atoms with Gasteiger partial charge in [-0.2, -0.15) is 23.5 Å². The Balaban J connectivity index is 2.20. The number of rotatable bonds is 5. The van der Waals surface area contributed by atoms with E-state index in [1.807, 2.05) is 6.07 Å². The van der Waals surface area contributed by atoms with Crippen LogP contribution in [0, 0.1) is 11.3 Å². The summed E-state index contributed by atoms with van der Waals surface area (Å²) in [6.07, 6.45) is -2.04. The molecule has 0 aliphatic heterocycles. The Morgan fingerprint density at radius 1 is 1.38 bits per heavy atom. The molecular formula is C15H14F3N5O. The van der Waals surface area contributed by atoms with Crippen molar-refractivity contribution >= 4 is 5.91 Å². The van der Waals surface area contributed by atoms with Crippen LogP contribution in [0.15, 0.2) is 36.9 Å². The molecule has 0 fully saturated rings. The molecule has 6 nitrogen and oxygen atoms in total. The Labute approximate surface area is 136 Å². The molecular weight excluding hydrogens is 323 g/mol. The molecule has 0 N–H and O–H groups in total. The number of hydrogen-bond acceptors (Lipinski definition) is 4. The van der Waals surface area contributed by atoms with E-state index < -0.39 is 24.7 Å². The molecule has 1 atom stereocenters. The minimum atomic E-state index is -4.52. The summed E-state index contributed by atoms with van der Waals surface area (Å²) >= 11 is 0. The highest BCUT2D eigenvalue weighted by Crippen LogP contribution is 2.21. The van der Waals surface area contributed by atoms with Crippen molar-refractivity contribution < 1.29 is 18.0 Å². The maximum atomic E-state index is 12.8. The minimum absolute atomic E-state index is 0.219. The molecule has 2 aromatic rings. The molecule has 0 radical (unpaired) electrons. The molecule has 0 saturated heterocycles. The van der Waals surface area contributed by atoms with Gasteiger partial charge in [-0.1, -0.05) is 12.1 Å². The first-order chi connectivity index (χ1) is 11.3.